The fourth-order valence-corrected chi connectivity index (χ4v) is 6.43. The van der Waals surface area contributed by atoms with Crippen LogP contribution in [0.5, 0.6) is 0 Å². The van der Waals surface area contributed by atoms with Crippen molar-refractivity contribution in [1.29, 1.82) is 0 Å². The maximum absolute atomic E-state index is 13.0. The smallest absolute Gasteiger partial charge is 0.268 e. The number of benzene rings is 3. The molecule has 1 unspecified atom stereocenters. The van der Waals surface area contributed by atoms with E-state index >= 15 is 0 Å². The Balaban J connectivity index is 1.60. The zero-order valence-corrected chi connectivity index (χ0v) is 31.7. The Kier molecular flexibility index (Phi) is 17.7. The van der Waals surface area contributed by atoms with E-state index in [4.69, 9.17) is 32.7 Å². The summed E-state index contributed by atoms with van der Waals surface area (Å²) in [6.45, 7) is 3.58. The molecule has 1 heterocycles. The Morgan fingerprint density at radius 2 is 1.12 bits per heavy atom. The van der Waals surface area contributed by atoms with Crippen molar-refractivity contribution < 1.29 is 46.7 Å². The second-order valence-electron chi connectivity index (χ2n) is 14.1. The molecule has 282 valence electrons. The summed E-state index contributed by atoms with van der Waals surface area (Å²) in [5, 5.41) is 0. The Morgan fingerprint density at radius 3 is 1.65 bits per heavy atom. The minimum absolute atomic E-state index is 0.00799. The van der Waals surface area contributed by atoms with Crippen LogP contribution in [0.3, 0.4) is 0 Å². The van der Waals surface area contributed by atoms with Crippen LogP contribution >= 0.6 is 7.82 Å². The van der Waals surface area contributed by atoms with Crippen molar-refractivity contribution in [3.8, 4) is 0 Å². The van der Waals surface area contributed by atoms with Crippen LogP contribution in [0.1, 0.15) is 62.1 Å². The lowest BCUT2D eigenvalue weighted by Gasteiger charge is -2.46. The van der Waals surface area contributed by atoms with Gasteiger partial charge in [0, 0.05) is 6.61 Å². The Hall–Kier alpha value is -2.47. The Labute approximate surface area is 305 Å². The summed E-state index contributed by atoms with van der Waals surface area (Å²) in [7, 11) is 1.21. The normalized spacial score (nSPS) is 22.1. The second kappa shape index (κ2) is 21.9. The van der Waals surface area contributed by atoms with E-state index in [9.17, 15) is 9.46 Å². The maximum atomic E-state index is 13.0. The molecule has 0 N–H and O–H groups in total. The number of likely N-dealkylation sites (N-methyl/N-ethyl adjacent to an activating group) is 1. The van der Waals surface area contributed by atoms with Crippen LogP contribution in [-0.2, 0) is 57.1 Å². The Bertz CT molecular complexity index is 1390. The molecule has 0 amide bonds. The van der Waals surface area contributed by atoms with Crippen molar-refractivity contribution >= 4 is 7.82 Å². The van der Waals surface area contributed by atoms with E-state index < -0.39 is 38.5 Å². The average molecular weight is 728 g/mol. The first-order valence-corrected chi connectivity index (χ1v) is 19.7. The van der Waals surface area contributed by atoms with E-state index in [-0.39, 0.29) is 26.4 Å². The van der Waals surface area contributed by atoms with Gasteiger partial charge in [-0.2, -0.15) is 0 Å². The third-order valence-corrected chi connectivity index (χ3v) is 9.60. The van der Waals surface area contributed by atoms with Crippen LogP contribution in [0.4, 0.5) is 0 Å². The lowest BCUT2D eigenvalue weighted by molar-refractivity contribution is -0.870. The summed E-state index contributed by atoms with van der Waals surface area (Å²) in [6, 6.07) is 29.5. The van der Waals surface area contributed by atoms with E-state index in [1.807, 2.05) is 112 Å². The minimum Gasteiger partial charge on any atom is -0.756 e. The van der Waals surface area contributed by atoms with Gasteiger partial charge >= 0.3 is 0 Å². The number of rotatable bonds is 24. The zero-order valence-electron chi connectivity index (χ0n) is 30.8. The number of phosphoric ester groups is 1. The molecule has 0 radical (unpaired) electrons. The molecule has 0 spiro atoms. The zero-order chi connectivity index (χ0) is 36.4. The van der Waals surface area contributed by atoms with Crippen LogP contribution in [0, 0.1) is 0 Å². The van der Waals surface area contributed by atoms with Gasteiger partial charge in [-0.05, 0) is 23.1 Å². The van der Waals surface area contributed by atoms with E-state index in [0.717, 1.165) is 36.0 Å². The first-order valence-electron chi connectivity index (χ1n) is 18.3. The molecule has 11 heteroatoms. The third kappa shape index (κ3) is 15.6. The quantitative estimate of drug-likeness (QED) is 0.0546. The van der Waals surface area contributed by atoms with Gasteiger partial charge in [0.15, 0.2) is 6.29 Å². The number of hydrogen-bond acceptors (Lipinski definition) is 9. The van der Waals surface area contributed by atoms with E-state index in [2.05, 4.69) is 6.92 Å². The number of unbranched alkanes of at least 4 members (excludes halogenated alkanes) is 5. The molecule has 0 saturated carbocycles. The largest absolute Gasteiger partial charge is 0.756 e. The molecule has 1 saturated heterocycles. The minimum atomic E-state index is -4.67. The van der Waals surface area contributed by atoms with Crippen LogP contribution in [-0.4, -0.2) is 82.7 Å². The second-order valence-corrected chi connectivity index (χ2v) is 15.5. The molecule has 0 aliphatic carbocycles. The van der Waals surface area contributed by atoms with Gasteiger partial charge in [-0.15, -0.1) is 0 Å². The summed E-state index contributed by atoms with van der Waals surface area (Å²) < 4.78 is 57.1. The number of hydrogen-bond donors (Lipinski definition) is 0. The topological polar surface area (TPSA) is 105 Å². The molecule has 10 nitrogen and oxygen atoms in total. The van der Waals surface area contributed by atoms with Crippen molar-refractivity contribution in [2.24, 2.45) is 0 Å². The number of quaternary nitrogens is 1. The number of ether oxygens (including phenoxy) is 5. The molecule has 0 aromatic heterocycles. The predicted octanol–water partition coefficient (Wildman–Crippen LogP) is 7.05. The summed E-state index contributed by atoms with van der Waals surface area (Å²) in [5.74, 6) is 0. The fraction of sp³-hybridized carbons (Fsp3) is 0.550. The van der Waals surface area contributed by atoms with Crippen molar-refractivity contribution in [3.05, 3.63) is 108 Å². The van der Waals surface area contributed by atoms with Crippen LogP contribution in [0.25, 0.3) is 0 Å². The molecular weight excluding hydrogens is 669 g/mol. The third-order valence-electron chi connectivity index (χ3n) is 8.64. The van der Waals surface area contributed by atoms with Gasteiger partial charge in [0.05, 0.1) is 47.6 Å². The molecule has 51 heavy (non-hydrogen) atoms. The van der Waals surface area contributed by atoms with E-state index in [0.29, 0.717) is 24.2 Å². The van der Waals surface area contributed by atoms with Crippen LogP contribution < -0.4 is 4.89 Å². The van der Waals surface area contributed by atoms with Crippen LogP contribution in [0.2, 0.25) is 0 Å². The fourth-order valence-electron chi connectivity index (χ4n) is 5.72. The lowest BCUT2D eigenvalue weighted by Crippen LogP contribution is -2.61. The van der Waals surface area contributed by atoms with Gasteiger partial charge in [-0.25, -0.2) is 0 Å². The molecule has 1 aliphatic heterocycles. The molecule has 3 aromatic carbocycles. The first-order chi connectivity index (χ1) is 24.6. The summed E-state index contributed by atoms with van der Waals surface area (Å²) >= 11 is 0. The number of phosphoric acid groups is 1. The van der Waals surface area contributed by atoms with Gasteiger partial charge in [0.1, 0.15) is 37.6 Å². The van der Waals surface area contributed by atoms with Gasteiger partial charge in [0.2, 0.25) is 0 Å². The van der Waals surface area contributed by atoms with E-state index in [1.165, 1.54) is 19.3 Å². The molecular formula is C40H58NO9P. The van der Waals surface area contributed by atoms with E-state index in [1.54, 1.807) is 0 Å². The maximum Gasteiger partial charge on any atom is 0.268 e. The van der Waals surface area contributed by atoms with Crippen molar-refractivity contribution in [3.63, 3.8) is 0 Å². The molecule has 6 atom stereocenters. The standard InChI is InChI=1S/C40H58NO9P/c1-5-6-7-8-9-19-27-44-40-39(47-31-35-24-17-12-18-25-35)38(46-30-34-22-15-11-16-23-34)37(45-29-33-20-13-10-14-21-33)36(50-40)32-49-51(42,43)48-28-26-41(2,3)4/h10-18,20-25,36-40H,5-9,19,26-32H2,1-4H3/t36-,37+,38+,39-,40-/m1/s1. The lowest BCUT2D eigenvalue weighted by atomic mass is 9.98. The average Bonchev–Trinajstić information content (AvgIpc) is 3.12. The highest BCUT2D eigenvalue weighted by Gasteiger charge is 2.49. The highest BCUT2D eigenvalue weighted by molar-refractivity contribution is 7.45. The van der Waals surface area contributed by atoms with Crippen molar-refractivity contribution in [1.82, 2.24) is 0 Å². The molecule has 4 rings (SSSR count). The molecule has 1 fully saturated rings. The van der Waals surface area contributed by atoms with Gasteiger partial charge in [-0.1, -0.05) is 130 Å². The van der Waals surface area contributed by atoms with Crippen molar-refractivity contribution in [2.45, 2.75) is 96.0 Å². The number of nitrogens with zero attached hydrogens (tertiary/aromatic N) is 1. The van der Waals surface area contributed by atoms with Gasteiger partial charge in [0.25, 0.3) is 7.82 Å². The Morgan fingerprint density at radius 1 is 0.627 bits per heavy atom. The van der Waals surface area contributed by atoms with Crippen LogP contribution in [0.15, 0.2) is 91.0 Å². The highest BCUT2D eigenvalue weighted by atomic mass is 31.2. The van der Waals surface area contributed by atoms with Gasteiger partial charge < -0.3 is 42.1 Å². The summed E-state index contributed by atoms with van der Waals surface area (Å²) in [6.07, 6.45) is 2.68. The molecule has 0 bridgehead atoms. The monoisotopic (exact) mass is 727 g/mol. The SMILES string of the molecule is CCCCCCCCO[C@@H]1O[C@H](COP(=O)([O-])OCC[N+](C)(C)C)[C@H](OCc2ccccc2)[C@H](OCc2ccccc2)[C@H]1OCc1ccccc1. The first kappa shape index (κ1) is 41.3. The van der Waals surface area contributed by atoms with Crippen molar-refractivity contribution in [2.75, 3.05) is 47.5 Å². The van der Waals surface area contributed by atoms with Gasteiger partial charge in [-0.3, -0.25) is 4.57 Å². The molecule has 3 aromatic rings. The summed E-state index contributed by atoms with van der Waals surface area (Å²) in [5.41, 5.74) is 2.90. The molecule has 1 aliphatic rings. The highest BCUT2D eigenvalue weighted by Crippen LogP contribution is 2.40. The summed E-state index contributed by atoms with van der Waals surface area (Å²) in [4.78, 5) is 13.0. The predicted molar refractivity (Wildman–Crippen MR) is 195 cm³/mol.